The summed E-state index contributed by atoms with van der Waals surface area (Å²) in [7, 11) is -4.11. The van der Waals surface area contributed by atoms with E-state index in [1.165, 1.54) is 12.1 Å². The minimum atomic E-state index is -4.11. The van der Waals surface area contributed by atoms with Gasteiger partial charge in [0, 0.05) is 11.1 Å². The zero-order chi connectivity index (χ0) is 29.2. The van der Waals surface area contributed by atoms with Crippen LogP contribution in [0.3, 0.4) is 0 Å². The molecule has 0 saturated carbocycles. The van der Waals surface area contributed by atoms with Gasteiger partial charge in [-0.05, 0) is 60.9 Å². The topological polar surface area (TPSA) is 110 Å². The summed E-state index contributed by atoms with van der Waals surface area (Å²) in [5.74, 6) is 0.0431. The quantitative estimate of drug-likeness (QED) is 0.394. The second-order valence-corrected chi connectivity index (χ2v) is 13.5. The van der Waals surface area contributed by atoms with Crippen molar-refractivity contribution in [1.82, 2.24) is 15.3 Å². The van der Waals surface area contributed by atoms with Crippen molar-refractivity contribution in [2.45, 2.75) is 65.8 Å². The maximum absolute atomic E-state index is 13.4. The number of ether oxygens (including phenoxy) is 1. The van der Waals surface area contributed by atoms with Crippen LogP contribution < -0.4 is 14.8 Å². The predicted molar refractivity (Wildman–Crippen MR) is 159 cm³/mol. The Morgan fingerprint density at radius 2 is 1.75 bits per heavy atom. The Kier molecular flexibility index (Phi) is 8.35. The highest BCUT2D eigenvalue weighted by Crippen LogP contribution is 2.36. The van der Waals surface area contributed by atoms with E-state index in [0.717, 1.165) is 16.7 Å². The standard InChI is InChI=1S/C31H38N4O4S/c1-19(2)16-23-18-39-29-25(14-15-31(5,6)7)27(26-20(3)10-8-11-21(26)4)33-30(34-29)35-40(37,38)24-13-9-12-22(17-24)28(36)32-23/h8-15,17,19,23H,16,18H2,1-7H3,(H,32,36)(H,33,34,35)/b15-14+/t23-/m1/s1. The monoisotopic (exact) mass is 562 g/mol. The summed E-state index contributed by atoms with van der Waals surface area (Å²) in [5, 5.41) is 3.03. The van der Waals surface area contributed by atoms with Crippen LogP contribution in [0.5, 0.6) is 5.88 Å². The van der Waals surface area contributed by atoms with E-state index in [4.69, 9.17) is 9.72 Å². The van der Waals surface area contributed by atoms with E-state index in [1.54, 1.807) is 12.1 Å². The third-order valence-corrected chi connectivity index (χ3v) is 7.85. The molecule has 0 aliphatic carbocycles. The number of allylic oxidation sites excluding steroid dienone is 1. The van der Waals surface area contributed by atoms with Crippen molar-refractivity contribution in [3.05, 3.63) is 70.8 Å². The Morgan fingerprint density at radius 1 is 1.07 bits per heavy atom. The lowest BCUT2D eigenvalue weighted by Gasteiger charge is -2.22. The van der Waals surface area contributed by atoms with Crippen LogP contribution in [0.25, 0.3) is 17.3 Å². The Bertz CT molecular complexity index is 1540. The molecule has 9 heteroatoms. The van der Waals surface area contributed by atoms with Gasteiger partial charge in [0.05, 0.1) is 22.2 Å². The number of carbonyl (C=O) groups is 1. The van der Waals surface area contributed by atoms with E-state index in [-0.39, 0.29) is 52.2 Å². The first-order chi connectivity index (χ1) is 18.7. The summed E-state index contributed by atoms with van der Waals surface area (Å²) in [6, 6.07) is 11.6. The second kappa shape index (κ2) is 11.4. The third kappa shape index (κ3) is 6.88. The van der Waals surface area contributed by atoms with Crippen molar-refractivity contribution in [1.29, 1.82) is 0 Å². The number of aromatic nitrogens is 2. The fourth-order valence-electron chi connectivity index (χ4n) is 4.64. The lowest BCUT2D eigenvalue weighted by molar-refractivity contribution is 0.0913. The molecule has 0 spiro atoms. The first-order valence-corrected chi connectivity index (χ1v) is 15.0. The van der Waals surface area contributed by atoms with Crippen LogP contribution in [-0.2, 0) is 10.0 Å². The average Bonchev–Trinajstić information content (AvgIpc) is 2.85. The van der Waals surface area contributed by atoms with Crippen molar-refractivity contribution in [3.63, 3.8) is 0 Å². The van der Waals surface area contributed by atoms with E-state index in [9.17, 15) is 13.2 Å². The number of aryl methyl sites for hydroxylation is 2. The van der Waals surface area contributed by atoms with Crippen molar-refractivity contribution in [2.24, 2.45) is 11.3 Å². The van der Waals surface area contributed by atoms with Crippen LogP contribution in [0, 0.1) is 25.2 Å². The fourth-order valence-corrected chi connectivity index (χ4v) is 5.63. The lowest BCUT2D eigenvalue weighted by Crippen LogP contribution is -2.40. The number of rotatable bonds is 4. The second-order valence-electron chi connectivity index (χ2n) is 11.8. The molecule has 1 aliphatic rings. The molecule has 4 rings (SSSR count). The number of benzene rings is 2. The molecule has 0 saturated heterocycles. The highest BCUT2D eigenvalue weighted by molar-refractivity contribution is 7.92. The average molecular weight is 563 g/mol. The van der Waals surface area contributed by atoms with Crippen molar-refractivity contribution < 1.29 is 17.9 Å². The third-order valence-electron chi connectivity index (χ3n) is 6.52. The molecule has 0 fully saturated rings. The fraction of sp³-hybridized carbons (Fsp3) is 0.387. The van der Waals surface area contributed by atoms with Gasteiger partial charge in [0.15, 0.2) is 0 Å². The van der Waals surface area contributed by atoms with Crippen LogP contribution in [0.4, 0.5) is 5.95 Å². The van der Waals surface area contributed by atoms with Crippen LogP contribution in [0.1, 0.15) is 68.1 Å². The lowest BCUT2D eigenvalue weighted by atomic mass is 9.93. The Hall–Kier alpha value is -3.72. The summed E-state index contributed by atoms with van der Waals surface area (Å²) < 4.78 is 35.7. The van der Waals surface area contributed by atoms with E-state index < -0.39 is 10.0 Å². The summed E-state index contributed by atoms with van der Waals surface area (Å²) in [6.07, 6.45) is 4.65. The maximum Gasteiger partial charge on any atom is 0.264 e. The van der Waals surface area contributed by atoms with Gasteiger partial charge in [-0.2, -0.15) is 4.98 Å². The number of fused-ring (bicyclic) bond motifs is 4. The number of anilines is 1. The molecule has 4 bridgehead atoms. The largest absolute Gasteiger partial charge is 0.475 e. The molecule has 8 nitrogen and oxygen atoms in total. The maximum atomic E-state index is 13.4. The van der Waals surface area contributed by atoms with Gasteiger partial charge in [-0.1, -0.05) is 71.0 Å². The zero-order valence-electron chi connectivity index (χ0n) is 24.2. The summed E-state index contributed by atoms with van der Waals surface area (Å²) in [4.78, 5) is 22.4. The first-order valence-electron chi connectivity index (χ1n) is 13.5. The van der Waals surface area contributed by atoms with Gasteiger partial charge in [-0.25, -0.2) is 18.1 Å². The number of hydrogen-bond acceptors (Lipinski definition) is 6. The first kappa shape index (κ1) is 29.3. The Labute approximate surface area is 237 Å². The summed E-state index contributed by atoms with van der Waals surface area (Å²) in [5.41, 5.74) is 4.15. The molecule has 1 amide bonds. The Balaban J connectivity index is 1.99. The zero-order valence-corrected chi connectivity index (χ0v) is 25.0. The molecule has 2 aromatic carbocycles. The molecule has 40 heavy (non-hydrogen) atoms. The number of amides is 1. The van der Waals surface area contributed by atoms with E-state index in [1.807, 2.05) is 44.2 Å². The number of carbonyl (C=O) groups excluding carboxylic acids is 1. The van der Waals surface area contributed by atoms with Gasteiger partial charge in [0.25, 0.3) is 15.9 Å². The van der Waals surface area contributed by atoms with E-state index in [0.29, 0.717) is 17.7 Å². The molecule has 1 aromatic heterocycles. The molecule has 1 aliphatic heterocycles. The number of hydrogen-bond donors (Lipinski definition) is 2. The molecule has 0 unspecified atom stereocenters. The van der Waals surface area contributed by atoms with Crippen LogP contribution in [-0.4, -0.2) is 36.9 Å². The Morgan fingerprint density at radius 3 is 2.40 bits per heavy atom. The predicted octanol–water partition coefficient (Wildman–Crippen LogP) is 6.16. The van der Waals surface area contributed by atoms with Crippen LogP contribution in [0.15, 0.2) is 53.4 Å². The molecule has 0 radical (unpaired) electrons. The molecular formula is C31H38N4O4S. The van der Waals surface area contributed by atoms with E-state index >= 15 is 0 Å². The van der Waals surface area contributed by atoms with Crippen molar-refractivity contribution in [2.75, 3.05) is 11.3 Å². The molecule has 1 atom stereocenters. The number of sulfonamides is 1. The summed E-state index contributed by atoms with van der Waals surface area (Å²) >= 11 is 0. The number of nitrogens with one attached hydrogen (secondary N) is 2. The van der Waals surface area contributed by atoms with E-state index in [2.05, 4.69) is 49.6 Å². The number of nitrogens with zero attached hydrogens (tertiary/aromatic N) is 2. The molecule has 3 aromatic rings. The van der Waals surface area contributed by atoms with Crippen molar-refractivity contribution >= 4 is 28.0 Å². The van der Waals surface area contributed by atoms with Gasteiger partial charge < -0.3 is 10.1 Å². The molecule has 212 valence electrons. The normalized spacial score (nSPS) is 17.3. The summed E-state index contributed by atoms with van der Waals surface area (Å²) in [6.45, 7) is 14.5. The highest BCUT2D eigenvalue weighted by atomic mass is 32.2. The van der Waals surface area contributed by atoms with Gasteiger partial charge >= 0.3 is 0 Å². The van der Waals surface area contributed by atoms with Crippen LogP contribution >= 0.6 is 0 Å². The molecule has 2 heterocycles. The van der Waals surface area contributed by atoms with Gasteiger partial charge in [-0.3, -0.25) is 4.79 Å². The van der Waals surface area contributed by atoms with Crippen LogP contribution in [0.2, 0.25) is 0 Å². The van der Waals surface area contributed by atoms with Crippen molar-refractivity contribution in [3.8, 4) is 17.1 Å². The minimum absolute atomic E-state index is 0.0591. The molecule has 2 N–H and O–H groups in total. The van der Waals surface area contributed by atoms with Gasteiger partial charge in [-0.15, -0.1) is 0 Å². The SMILES string of the molecule is Cc1cccc(C)c1-c1nc2nc(c1/C=C/C(C)(C)C)OC[C@@H](CC(C)C)NC(=O)c1cccc(c1)S(=O)(=O)N2. The van der Waals surface area contributed by atoms with Gasteiger partial charge in [0.2, 0.25) is 11.8 Å². The smallest absolute Gasteiger partial charge is 0.264 e. The highest BCUT2D eigenvalue weighted by Gasteiger charge is 2.26. The minimum Gasteiger partial charge on any atom is -0.475 e. The van der Waals surface area contributed by atoms with Gasteiger partial charge in [0.1, 0.15) is 6.61 Å². The molecular weight excluding hydrogens is 524 g/mol.